The second kappa shape index (κ2) is 15.0. The van der Waals surface area contributed by atoms with Gasteiger partial charge in [0.15, 0.2) is 17.6 Å². The minimum absolute atomic E-state index is 0.104. The molecule has 0 unspecified atom stereocenters. The van der Waals surface area contributed by atoms with E-state index in [2.05, 4.69) is 58.8 Å². The molecule has 0 radical (unpaired) electrons. The first-order valence-corrected chi connectivity index (χ1v) is 16.9. The summed E-state index contributed by atoms with van der Waals surface area (Å²) in [6.45, 7) is 2.72. The fourth-order valence-corrected chi connectivity index (χ4v) is 6.69. The van der Waals surface area contributed by atoms with Gasteiger partial charge in [-0.15, -0.1) is 21.5 Å². The van der Waals surface area contributed by atoms with Gasteiger partial charge >= 0.3 is 0 Å². The lowest BCUT2D eigenvalue weighted by atomic mass is 10.00. The Labute approximate surface area is 276 Å². The van der Waals surface area contributed by atoms with E-state index in [-0.39, 0.29) is 36.8 Å². The molecule has 3 aromatic carbocycles. The molecule has 5 aromatic rings. The Hall–Kier alpha value is -4.74. The number of rotatable bonds is 13. The zero-order chi connectivity index (χ0) is 31.7. The number of hydrogen-bond donors (Lipinski definition) is 1. The van der Waals surface area contributed by atoms with Crippen LogP contribution in [0.1, 0.15) is 39.9 Å². The van der Waals surface area contributed by atoms with Crippen LogP contribution in [0.3, 0.4) is 0 Å². The Bertz CT molecular complexity index is 1770. The van der Waals surface area contributed by atoms with Gasteiger partial charge in [0.25, 0.3) is 11.8 Å². The van der Waals surface area contributed by atoms with Crippen LogP contribution >= 0.6 is 23.1 Å². The molecule has 1 aliphatic rings. The topological polar surface area (TPSA) is 102 Å². The molecule has 0 aliphatic carbocycles. The van der Waals surface area contributed by atoms with Crippen molar-refractivity contribution in [3.05, 3.63) is 130 Å². The molecule has 0 spiro atoms. The normalized spacial score (nSPS) is 14.2. The van der Waals surface area contributed by atoms with Crippen molar-refractivity contribution in [2.24, 2.45) is 5.10 Å². The third kappa shape index (κ3) is 7.91. The van der Waals surface area contributed by atoms with E-state index in [1.54, 1.807) is 28.5 Å². The van der Waals surface area contributed by atoms with Crippen molar-refractivity contribution in [2.75, 3.05) is 12.4 Å². The number of hydrogen-bond acceptors (Lipinski definition) is 8. The summed E-state index contributed by atoms with van der Waals surface area (Å²) in [6, 6.07) is 31.5. The number of aromatic nitrogens is 3. The van der Waals surface area contributed by atoms with Crippen LogP contribution in [0.4, 0.5) is 0 Å². The Morgan fingerprint density at radius 1 is 0.957 bits per heavy atom. The zero-order valence-corrected chi connectivity index (χ0v) is 27.0. The van der Waals surface area contributed by atoms with Crippen LogP contribution in [0.2, 0.25) is 0 Å². The molecule has 3 heterocycles. The van der Waals surface area contributed by atoms with Gasteiger partial charge in [-0.25, -0.2) is 5.01 Å². The molecule has 2 amide bonds. The van der Waals surface area contributed by atoms with E-state index in [4.69, 9.17) is 9.84 Å². The van der Waals surface area contributed by atoms with Gasteiger partial charge in [-0.3, -0.25) is 9.59 Å². The lowest BCUT2D eigenvalue weighted by Gasteiger charge is -2.22. The molecule has 1 atom stereocenters. The number of nitrogens with zero attached hydrogens (tertiary/aromatic N) is 5. The summed E-state index contributed by atoms with van der Waals surface area (Å²) in [4.78, 5) is 27.4. The number of thiophene rings is 1. The highest BCUT2D eigenvalue weighted by Crippen LogP contribution is 2.35. The quantitative estimate of drug-likeness (QED) is 0.156. The summed E-state index contributed by atoms with van der Waals surface area (Å²) >= 11 is 2.96. The van der Waals surface area contributed by atoms with Gasteiger partial charge < -0.3 is 14.6 Å². The molecule has 46 heavy (non-hydrogen) atoms. The van der Waals surface area contributed by atoms with Gasteiger partial charge in [-0.05, 0) is 48.1 Å². The summed E-state index contributed by atoms with van der Waals surface area (Å²) in [5, 5.41) is 20.8. The summed E-state index contributed by atoms with van der Waals surface area (Å²) in [5.74, 6) is 1.01. The number of carbonyl (C=O) groups is 2. The van der Waals surface area contributed by atoms with Crippen LogP contribution < -0.4 is 10.1 Å². The summed E-state index contributed by atoms with van der Waals surface area (Å²) < 4.78 is 7.55. The van der Waals surface area contributed by atoms with Crippen LogP contribution in [0.25, 0.3) is 0 Å². The first-order chi connectivity index (χ1) is 22.5. The first kappa shape index (κ1) is 31.3. The lowest BCUT2D eigenvalue weighted by Crippen LogP contribution is -2.30. The van der Waals surface area contributed by atoms with Gasteiger partial charge in [0.2, 0.25) is 0 Å². The fourth-order valence-electron chi connectivity index (χ4n) is 5.13. The Balaban J connectivity index is 1.15. The van der Waals surface area contributed by atoms with Crippen molar-refractivity contribution in [1.82, 2.24) is 25.1 Å². The first-order valence-electron chi connectivity index (χ1n) is 15.1. The smallest absolute Gasteiger partial charge is 0.258 e. The number of ether oxygens (including phenoxy) is 1. The van der Waals surface area contributed by atoms with Crippen molar-refractivity contribution >= 4 is 40.6 Å². The molecule has 2 aromatic heterocycles. The van der Waals surface area contributed by atoms with Gasteiger partial charge in [0, 0.05) is 13.0 Å². The summed E-state index contributed by atoms with van der Waals surface area (Å²) in [5.41, 5.74) is 4.31. The predicted molar refractivity (Wildman–Crippen MR) is 181 cm³/mol. The van der Waals surface area contributed by atoms with E-state index in [9.17, 15) is 9.59 Å². The van der Waals surface area contributed by atoms with E-state index >= 15 is 0 Å². The second-order valence-electron chi connectivity index (χ2n) is 10.8. The third-order valence-corrected chi connectivity index (χ3v) is 9.45. The molecule has 0 saturated heterocycles. The molecule has 0 saturated carbocycles. The highest BCUT2D eigenvalue weighted by Gasteiger charge is 2.33. The van der Waals surface area contributed by atoms with Crippen molar-refractivity contribution in [1.29, 1.82) is 0 Å². The lowest BCUT2D eigenvalue weighted by molar-refractivity contribution is -0.130. The third-order valence-electron chi connectivity index (χ3n) is 7.58. The molecule has 1 N–H and O–H groups in total. The zero-order valence-electron chi connectivity index (χ0n) is 25.4. The van der Waals surface area contributed by atoms with Crippen LogP contribution in [-0.2, 0) is 29.1 Å². The van der Waals surface area contributed by atoms with Crippen LogP contribution in [0, 0.1) is 6.92 Å². The molecule has 6 rings (SSSR count). The maximum atomic E-state index is 13.8. The molecule has 9 nitrogen and oxygen atoms in total. The van der Waals surface area contributed by atoms with Crippen LogP contribution in [0.5, 0.6) is 5.75 Å². The number of hydrazone groups is 1. The number of amides is 2. The average molecular weight is 651 g/mol. The number of para-hydroxylation sites is 1. The van der Waals surface area contributed by atoms with Gasteiger partial charge in [0.1, 0.15) is 5.75 Å². The Morgan fingerprint density at radius 3 is 2.46 bits per heavy atom. The fraction of sp³-hybridized carbons (Fsp3) is 0.229. The number of thioether (sulfide) groups is 1. The van der Waals surface area contributed by atoms with E-state index in [0.29, 0.717) is 29.7 Å². The molecular weight excluding hydrogens is 617 g/mol. The molecule has 11 heteroatoms. The summed E-state index contributed by atoms with van der Waals surface area (Å²) in [6.07, 6.45) is 1.40. The Morgan fingerprint density at radius 2 is 1.72 bits per heavy atom. The highest BCUT2D eigenvalue weighted by atomic mass is 32.2. The van der Waals surface area contributed by atoms with Gasteiger partial charge in [-0.1, -0.05) is 96.2 Å². The van der Waals surface area contributed by atoms with Crippen molar-refractivity contribution in [3.8, 4) is 5.75 Å². The highest BCUT2D eigenvalue weighted by molar-refractivity contribution is 7.99. The average Bonchev–Trinajstić information content (AvgIpc) is 3.86. The minimum atomic E-state index is -0.263. The Kier molecular flexibility index (Phi) is 10.2. The molecule has 234 valence electrons. The van der Waals surface area contributed by atoms with Crippen molar-refractivity contribution in [2.45, 2.75) is 44.1 Å². The number of benzene rings is 3. The van der Waals surface area contributed by atoms with Gasteiger partial charge in [0.05, 0.1) is 28.9 Å². The van der Waals surface area contributed by atoms with Gasteiger partial charge in [-0.2, -0.15) is 5.10 Å². The van der Waals surface area contributed by atoms with Crippen molar-refractivity contribution in [3.63, 3.8) is 0 Å². The van der Waals surface area contributed by atoms with Crippen LogP contribution in [-0.4, -0.2) is 49.7 Å². The van der Waals surface area contributed by atoms with E-state index in [1.807, 2.05) is 58.5 Å². The van der Waals surface area contributed by atoms with Crippen LogP contribution in [0.15, 0.2) is 113 Å². The maximum absolute atomic E-state index is 13.8. The molecule has 0 fully saturated rings. The molecule has 1 aliphatic heterocycles. The number of carbonyl (C=O) groups excluding carboxylic acids is 2. The molecular formula is C35H34N6O3S2. The monoisotopic (exact) mass is 650 g/mol. The minimum Gasteiger partial charge on any atom is -0.484 e. The predicted octanol–water partition coefficient (Wildman–Crippen LogP) is 6.06. The standard InChI is InChI=1S/C35H34N6O3S2/c1-25-14-16-27(17-15-25)30-21-29(31-13-8-20-45-31)39-41(30)34(43)24-46-35-38-37-32(40(35)19-18-26-9-4-2-5-10-26)22-36-33(42)23-44-28-11-6-3-7-12-28/h2-17,20,30H,18-19,21-24H2,1H3,(H,36,42)/t30-/m0/s1. The van der Waals surface area contributed by atoms with E-state index in [0.717, 1.165) is 22.6 Å². The second-order valence-corrected chi connectivity index (χ2v) is 12.7. The molecule has 0 bridgehead atoms. The van der Waals surface area contributed by atoms with E-state index in [1.165, 1.54) is 22.9 Å². The SMILES string of the molecule is Cc1ccc([C@@H]2CC(c3cccs3)=NN2C(=O)CSc2nnc(CNC(=O)COc3ccccc3)n2CCc2ccccc2)cc1. The maximum Gasteiger partial charge on any atom is 0.258 e. The number of aryl methyl sites for hydroxylation is 2. The van der Waals surface area contributed by atoms with E-state index < -0.39 is 0 Å². The largest absolute Gasteiger partial charge is 0.484 e. The number of nitrogens with one attached hydrogen (secondary N) is 1. The summed E-state index contributed by atoms with van der Waals surface area (Å²) in [7, 11) is 0. The van der Waals surface area contributed by atoms with Crippen molar-refractivity contribution < 1.29 is 14.3 Å².